The molecule has 250 valence electrons. The van der Waals surface area contributed by atoms with Crippen LogP contribution in [-0.2, 0) is 16.0 Å². The molecule has 4 heterocycles. The molecule has 2 N–H and O–H groups in total. The van der Waals surface area contributed by atoms with Crippen LogP contribution >= 0.6 is 11.8 Å². The van der Waals surface area contributed by atoms with E-state index in [1.165, 1.54) is 11.1 Å². The van der Waals surface area contributed by atoms with Gasteiger partial charge in [-0.15, -0.1) is 11.8 Å². The van der Waals surface area contributed by atoms with Gasteiger partial charge in [0.25, 0.3) is 0 Å². The maximum absolute atomic E-state index is 14.0. The molecule has 2 aromatic carbocycles. The van der Waals surface area contributed by atoms with Gasteiger partial charge in [-0.1, -0.05) is 63.2 Å². The van der Waals surface area contributed by atoms with Gasteiger partial charge in [-0.2, -0.15) is 0 Å². The summed E-state index contributed by atoms with van der Waals surface area (Å²) >= 11 is 1.67. The van der Waals surface area contributed by atoms with Crippen molar-refractivity contribution in [3.8, 4) is 0 Å². The molecule has 45 heavy (non-hydrogen) atoms. The summed E-state index contributed by atoms with van der Waals surface area (Å²) in [6.07, 6.45) is 5.68. The molecule has 9 heteroatoms. The minimum Gasteiger partial charge on any atom is -0.342 e. The Kier molecular flexibility index (Phi) is 9.76. The number of rotatable bonds is 7. The van der Waals surface area contributed by atoms with Crippen LogP contribution in [0, 0.1) is 5.41 Å². The van der Waals surface area contributed by atoms with Gasteiger partial charge in [0, 0.05) is 50.0 Å². The number of benzene rings is 2. The second kappa shape index (κ2) is 13.8. The highest BCUT2D eigenvalue weighted by atomic mass is 32.2. The van der Waals surface area contributed by atoms with Crippen LogP contribution in [0.5, 0.6) is 0 Å². The molecule has 3 fully saturated rings. The lowest BCUT2D eigenvalue weighted by atomic mass is 9.86. The number of piperidine rings is 2. The third-order valence-corrected chi connectivity index (χ3v) is 11.5. The van der Waals surface area contributed by atoms with Gasteiger partial charge in [0.1, 0.15) is 5.37 Å². The number of amides is 4. The van der Waals surface area contributed by atoms with E-state index >= 15 is 0 Å². The van der Waals surface area contributed by atoms with Crippen LogP contribution in [0.3, 0.4) is 0 Å². The summed E-state index contributed by atoms with van der Waals surface area (Å²) in [6, 6.07) is 16.7. The molecule has 2 atom stereocenters. The first kappa shape index (κ1) is 31.9. The van der Waals surface area contributed by atoms with E-state index in [0.29, 0.717) is 32.1 Å². The summed E-state index contributed by atoms with van der Waals surface area (Å²) in [5, 5.41) is 6.12. The Bertz CT molecular complexity index is 1400. The number of carbonyl (C=O) groups is 3. The van der Waals surface area contributed by atoms with Gasteiger partial charge in [-0.05, 0) is 85.7 Å². The highest BCUT2D eigenvalue weighted by Crippen LogP contribution is 2.47. The lowest BCUT2D eigenvalue weighted by Crippen LogP contribution is -2.50. The molecule has 4 amide bonds. The van der Waals surface area contributed by atoms with E-state index in [0.717, 1.165) is 62.9 Å². The van der Waals surface area contributed by atoms with E-state index in [-0.39, 0.29) is 52.1 Å². The Morgan fingerprint density at radius 1 is 0.933 bits per heavy atom. The average Bonchev–Trinajstić information content (AvgIpc) is 3.24. The molecule has 0 radical (unpaired) electrons. The summed E-state index contributed by atoms with van der Waals surface area (Å²) in [5.74, 6) is 0.638. The van der Waals surface area contributed by atoms with E-state index < -0.39 is 0 Å². The van der Waals surface area contributed by atoms with Gasteiger partial charge in [0.15, 0.2) is 0 Å². The summed E-state index contributed by atoms with van der Waals surface area (Å²) < 4.78 is 0. The monoisotopic (exact) mass is 639 g/mol. The number of nitrogens with one attached hydrogen (secondary N) is 2. The number of nitrogens with zero attached hydrogens (tertiary/aromatic N) is 3. The molecule has 4 aliphatic heterocycles. The van der Waals surface area contributed by atoms with Crippen molar-refractivity contribution < 1.29 is 20.1 Å². The summed E-state index contributed by atoms with van der Waals surface area (Å²) in [4.78, 5) is 46.7. The van der Waals surface area contributed by atoms with E-state index in [2.05, 4.69) is 66.6 Å². The number of anilines is 1. The standard InChI is InChI=1S/C36H49N5O3S.4H2/c1-36(2,3)17-23-41-33(43)31(45-34(41)29-10-6-5-9-28(29)25-12-18-37-19-13-25)24-32(42)39-20-15-27(16-21-39)40-22-14-26-8-4-7-11-30(26)38-35(40)44;;;;/h4-11,25,27,31,34,37H,12-24H2,1-3H3,(H,38,44);4*1H/t31-,34?;;;;/m0..../s1. The third-order valence-electron chi connectivity index (χ3n) is 10.0. The van der Waals surface area contributed by atoms with Gasteiger partial charge in [-0.25, -0.2) is 4.79 Å². The Balaban J connectivity index is 0.00000208. The zero-order chi connectivity index (χ0) is 31.6. The number of urea groups is 1. The van der Waals surface area contributed by atoms with Gasteiger partial charge >= 0.3 is 6.03 Å². The highest BCUT2D eigenvalue weighted by Gasteiger charge is 2.44. The van der Waals surface area contributed by atoms with Crippen molar-refractivity contribution in [3.63, 3.8) is 0 Å². The van der Waals surface area contributed by atoms with Crippen molar-refractivity contribution in [2.75, 3.05) is 44.6 Å². The fourth-order valence-electron chi connectivity index (χ4n) is 7.34. The predicted molar refractivity (Wildman–Crippen MR) is 190 cm³/mol. The molecular formula is C36H57N5O3S. The van der Waals surface area contributed by atoms with Crippen molar-refractivity contribution in [2.24, 2.45) is 5.41 Å². The largest absolute Gasteiger partial charge is 0.342 e. The Morgan fingerprint density at radius 3 is 2.36 bits per heavy atom. The number of hydrogen-bond acceptors (Lipinski definition) is 5. The predicted octanol–water partition coefficient (Wildman–Crippen LogP) is 6.99. The highest BCUT2D eigenvalue weighted by molar-refractivity contribution is 8.01. The lowest BCUT2D eigenvalue weighted by molar-refractivity contribution is -0.137. The normalized spacial score (nSPS) is 23.6. The third kappa shape index (κ3) is 7.35. The van der Waals surface area contributed by atoms with Crippen LogP contribution < -0.4 is 10.6 Å². The van der Waals surface area contributed by atoms with E-state index in [4.69, 9.17) is 0 Å². The quantitative estimate of drug-likeness (QED) is 0.341. The van der Waals surface area contributed by atoms with Gasteiger partial charge < -0.3 is 25.3 Å². The van der Waals surface area contributed by atoms with Crippen LogP contribution in [0.4, 0.5) is 10.5 Å². The zero-order valence-corrected chi connectivity index (χ0v) is 27.9. The molecule has 0 aromatic heterocycles. The second-order valence-corrected chi connectivity index (χ2v) is 15.6. The number of fused-ring (bicyclic) bond motifs is 1. The molecule has 8 nitrogen and oxygen atoms in total. The van der Waals surface area contributed by atoms with Crippen LogP contribution in [0.2, 0.25) is 0 Å². The zero-order valence-electron chi connectivity index (χ0n) is 27.1. The topological polar surface area (TPSA) is 85.0 Å². The Labute approximate surface area is 278 Å². The molecule has 4 aliphatic rings. The van der Waals surface area contributed by atoms with E-state index in [1.54, 1.807) is 11.8 Å². The Hall–Kier alpha value is -3.04. The van der Waals surface area contributed by atoms with Crippen molar-refractivity contribution >= 4 is 35.3 Å². The minimum atomic E-state index is -0.379. The van der Waals surface area contributed by atoms with Crippen molar-refractivity contribution in [3.05, 3.63) is 65.2 Å². The summed E-state index contributed by atoms with van der Waals surface area (Å²) in [6.45, 7) is 11.3. The van der Waals surface area contributed by atoms with Crippen LogP contribution in [0.15, 0.2) is 48.5 Å². The summed E-state index contributed by atoms with van der Waals surface area (Å²) in [5.41, 5.74) is 4.76. The molecule has 0 aliphatic carbocycles. The molecule has 3 saturated heterocycles. The number of thioether (sulfide) groups is 1. The number of para-hydroxylation sites is 1. The number of carbonyl (C=O) groups excluding carboxylic acids is 3. The fraction of sp³-hybridized carbons (Fsp3) is 0.583. The maximum atomic E-state index is 14.0. The maximum Gasteiger partial charge on any atom is 0.322 e. The average molecular weight is 640 g/mol. The number of hydrogen-bond donors (Lipinski definition) is 2. The molecule has 0 bridgehead atoms. The molecule has 6 rings (SSSR count). The van der Waals surface area contributed by atoms with Crippen molar-refractivity contribution in [2.45, 2.75) is 88.3 Å². The summed E-state index contributed by atoms with van der Waals surface area (Å²) in [7, 11) is 0. The van der Waals surface area contributed by atoms with E-state index in [9.17, 15) is 14.4 Å². The second-order valence-electron chi connectivity index (χ2n) is 14.3. The molecule has 1 unspecified atom stereocenters. The SMILES string of the molecule is CC(C)(C)CCN1C(=O)[C@H](CC(=O)N2CCC(N3CCc4ccccc4NC3=O)CC2)SC1c1ccccc1C1CCNCC1.[HH].[HH].[HH].[HH]. The fourth-order valence-corrected chi connectivity index (χ4v) is 8.86. The van der Waals surface area contributed by atoms with Crippen LogP contribution in [0.25, 0.3) is 0 Å². The first-order valence-corrected chi connectivity index (χ1v) is 17.8. The number of likely N-dealkylation sites (tertiary alicyclic amines) is 1. The molecular weight excluding hydrogens is 582 g/mol. The van der Waals surface area contributed by atoms with Crippen LogP contribution in [-0.4, -0.2) is 83.1 Å². The van der Waals surface area contributed by atoms with Crippen LogP contribution in [0.1, 0.15) is 93.0 Å². The lowest BCUT2D eigenvalue weighted by Gasteiger charge is -2.38. The first-order chi connectivity index (χ1) is 21.7. The van der Waals surface area contributed by atoms with Crippen molar-refractivity contribution in [1.82, 2.24) is 20.0 Å². The van der Waals surface area contributed by atoms with E-state index in [1.807, 2.05) is 28.0 Å². The first-order valence-electron chi connectivity index (χ1n) is 16.9. The van der Waals surface area contributed by atoms with Crippen molar-refractivity contribution in [1.29, 1.82) is 0 Å². The molecule has 0 saturated carbocycles. The molecule has 0 spiro atoms. The Morgan fingerprint density at radius 2 is 1.62 bits per heavy atom. The van der Waals surface area contributed by atoms with Gasteiger partial charge in [0.05, 0.1) is 5.25 Å². The smallest absolute Gasteiger partial charge is 0.322 e. The molecule has 2 aromatic rings. The minimum absolute atomic E-state index is 0. The van der Waals surface area contributed by atoms with Gasteiger partial charge in [-0.3, -0.25) is 9.59 Å². The van der Waals surface area contributed by atoms with Gasteiger partial charge in [0.2, 0.25) is 11.8 Å².